The van der Waals surface area contributed by atoms with E-state index < -0.39 is 5.97 Å². The third-order valence-corrected chi connectivity index (χ3v) is 3.87. The minimum absolute atomic E-state index is 0.0705. The molecule has 6 heteroatoms. The maximum absolute atomic E-state index is 12.1. The van der Waals surface area contributed by atoms with Crippen LogP contribution < -0.4 is 0 Å². The molecule has 0 aromatic carbocycles. The van der Waals surface area contributed by atoms with Crippen molar-refractivity contribution < 1.29 is 14.7 Å². The summed E-state index contributed by atoms with van der Waals surface area (Å²) < 4.78 is 1.83. The second-order valence-electron chi connectivity index (χ2n) is 4.93. The van der Waals surface area contributed by atoms with Crippen LogP contribution in [-0.4, -0.2) is 38.0 Å². The fourth-order valence-electron chi connectivity index (χ4n) is 2.53. The highest BCUT2D eigenvalue weighted by atomic mass is 16.4. The van der Waals surface area contributed by atoms with E-state index >= 15 is 0 Å². The van der Waals surface area contributed by atoms with E-state index in [9.17, 15) is 9.59 Å². The van der Waals surface area contributed by atoms with Gasteiger partial charge in [0.25, 0.3) is 0 Å². The lowest BCUT2D eigenvalue weighted by atomic mass is 9.84. The van der Waals surface area contributed by atoms with Gasteiger partial charge in [-0.25, -0.2) is 9.78 Å². The molecule has 0 bridgehead atoms. The molecule has 1 aromatic heterocycles. The van der Waals surface area contributed by atoms with Crippen molar-refractivity contribution in [2.24, 2.45) is 5.92 Å². The zero-order valence-corrected chi connectivity index (χ0v) is 10.0. The predicted molar refractivity (Wildman–Crippen MR) is 61.9 cm³/mol. The molecule has 3 rings (SSSR count). The van der Waals surface area contributed by atoms with Crippen molar-refractivity contribution in [3.63, 3.8) is 0 Å². The molecule has 1 fully saturated rings. The van der Waals surface area contributed by atoms with E-state index in [0.717, 1.165) is 19.3 Å². The average molecular weight is 249 g/mol. The largest absolute Gasteiger partial charge is 0.476 e. The molecule has 1 aliphatic heterocycles. The topological polar surface area (TPSA) is 75.4 Å². The highest BCUT2D eigenvalue weighted by molar-refractivity contribution is 5.87. The first kappa shape index (κ1) is 11.3. The molecule has 2 heterocycles. The summed E-state index contributed by atoms with van der Waals surface area (Å²) in [5.41, 5.74) is 0.711. The summed E-state index contributed by atoms with van der Waals surface area (Å²) >= 11 is 0. The maximum Gasteiger partial charge on any atom is 0.356 e. The highest BCUT2D eigenvalue weighted by Gasteiger charge is 2.32. The zero-order valence-electron chi connectivity index (χ0n) is 10.0. The SMILES string of the molecule is O=C(O)c1ncn2c1CN(C(=O)C1CCC1)CC2. The third-order valence-electron chi connectivity index (χ3n) is 3.87. The molecule has 1 saturated carbocycles. The Morgan fingerprint density at radius 2 is 2.11 bits per heavy atom. The molecular formula is C12H15N3O3. The lowest BCUT2D eigenvalue weighted by molar-refractivity contribution is -0.139. The van der Waals surface area contributed by atoms with Gasteiger partial charge in [0.05, 0.1) is 18.6 Å². The van der Waals surface area contributed by atoms with Gasteiger partial charge in [-0.2, -0.15) is 0 Å². The van der Waals surface area contributed by atoms with Gasteiger partial charge in [0, 0.05) is 19.0 Å². The normalized spacial score (nSPS) is 19.2. The van der Waals surface area contributed by atoms with E-state index in [0.29, 0.717) is 25.3 Å². The number of hydrogen-bond donors (Lipinski definition) is 1. The van der Waals surface area contributed by atoms with Gasteiger partial charge in [-0.05, 0) is 12.8 Å². The van der Waals surface area contributed by atoms with Crippen molar-refractivity contribution in [3.05, 3.63) is 17.7 Å². The molecule has 0 radical (unpaired) electrons. The first-order valence-electron chi connectivity index (χ1n) is 6.23. The Balaban J connectivity index is 1.80. The maximum atomic E-state index is 12.1. The van der Waals surface area contributed by atoms with E-state index in [4.69, 9.17) is 5.11 Å². The molecule has 0 unspecified atom stereocenters. The molecule has 1 aliphatic carbocycles. The van der Waals surface area contributed by atoms with Gasteiger partial charge in [-0.15, -0.1) is 0 Å². The van der Waals surface area contributed by atoms with Crippen molar-refractivity contribution in [3.8, 4) is 0 Å². The van der Waals surface area contributed by atoms with Gasteiger partial charge in [0.15, 0.2) is 5.69 Å². The van der Waals surface area contributed by atoms with Crippen LogP contribution in [0.3, 0.4) is 0 Å². The number of rotatable bonds is 2. The quantitative estimate of drug-likeness (QED) is 0.838. The Kier molecular flexibility index (Phi) is 2.57. The number of nitrogens with zero attached hydrogens (tertiary/aromatic N) is 3. The number of carbonyl (C=O) groups excluding carboxylic acids is 1. The molecule has 1 N–H and O–H groups in total. The molecule has 2 aliphatic rings. The summed E-state index contributed by atoms with van der Waals surface area (Å²) in [4.78, 5) is 28.8. The van der Waals surface area contributed by atoms with Gasteiger partial charge in [-0.1, -0.05) is 6.42 Å². The molecule has 6 nitrogen and oxygen atoms in total. The standard InChI is InChI=1S/C12H15N3O3/c16-11(8-2-1-3-8)14-4-5-15-7-13-10(12(17)18)9(15)6-14/h7-8H,1-6H2,(H,17,18). The Hall–Kier alpha value is -1.85. The molecule has 0 atom stereocenters. The van der Waals surface area contributed by atoms with E-state index in [-0.39, 0.29) is 17.5 Å². The minimum Gasteiger partial charge on any atom is -0.476 e. The fraction of sp³-hybridized carbons (Fsp3) is 0.583. The Morgan fingerprint density at radius 1 is 1.33 bits per heavy atom. The molecular weight excluding hydrogens is 234 g/mol. The number of carboxylic acid groups (broad SMARTS) is 1. The molecule has 96 valence electrons. The van der Waals surface area contributed by atoms with Gasteiger partial charge < -0.3 is 14.6 Å². The minimum atomic E-state index is -1.03. The summed E-state index contributed by atoms with van der Waals surface area (Å²) in [6.45, 7) is 1.66. The van der Waals surface area contributed by atoms with Gasteiger partial charge in [0.2, 0.25) is 5.91 Å². The van der Waals surface area contributed by atoms with Crippen molar-refractivity contribution in [1.82, 2.24) is 14.5 Å². The second kappa shape index (κ2) is 4.12. The van der Waals surface area contributed by atoms with Crippen molar-refractivity contribution in [2.45, 2.75) is 32.4 Å². The molecule has 1 amide bonds. The Morgan fingerprint density at radius 3 is 2.72 bits per heavy atom. The van der Waals surface area contributed by atoms with Crippen LogP contribution >= 0.6 is 0 Å². The average Bonchev–Trinajstić information content (AvgIpc) is 2.68. The summed E-state index contributed by atoms with van der Waals surface area (Å²) in [7, 11) is 0. The van der Waals surface area contributed by atoms with Gasteiger partial charge in [0.1, 0.15) is 0 Å². The van der Waals surface area contributed by atoms with Gasteiger partial charge >= 0.3 is 5.97 Å². The predicted octanol–water partition coefficient (Wildman–Crippen LogP) is 0.724. The summed E-state index contributed by atoms with van der Waals surface area (Å²) in [6.07, 6.45) is 4.62. The number of aromatic carboxylic acids is 1. The summed E-state index contributed by atoms with van der Waals surface area (Å²) in [5.74, 6) is -0.695. The monoisotopic (exact) mass is 249 g/mol. The van der Waals surface area contributed by atoms with Crippen LogP contribution in [0, 0.1) is 5.92 Å². The van der Waals surface area contributed by atoms with Crippen LogP contribution in [0.5, 0.6) is 0 Å². The van der Waals surface area contributed by atoms with E-state index in [1.54, 1.807) is 11.2 Å². The van der Waals surface area contributed by atoms with Crippen LogP contribution in [0.2, 0.25) is 0 Å². The third kappa shape index (κ3) is 1.68. The van der Waals surface area contributed by atoms with Crippen molar-refractivity contribution in [1.29, 1.82) is 0 Å². The number of aromatic nitrogens is 2. The first-order valence-corrected chi connectivity index (χ1v) is 6.23. The number of amides is 1. The fourth-order valence-corrected chi connectivity index (χ4v) is 2.53. The zero-order chi connectivity index (χ0) is 12.7. The van der Waals surface area contributed by atoms with E-state index in [2.05, 4.69) is 4.98 Å². The molecule has 0 saturated heterocycles. The van der Waals surface area contributed by atoms with Crippen LogP contribution in [0.4, 0.5) is 0 Å². The van der Waals surface area contributed by atoms with Gasteiger partial charge in [-0.3, -0.25) is 4.79 Å². The van der Waals surface area contributed by atoms with Crippen LogP contribution in [0.25, 0.3) is 0 Å². The number of carbonyl (C=O) groups is 2. The van der Waals surface area contributed by atoms with Crippen molar-refractivity contribution >= 4 is 11.9 Å². The highest BCUT2D eigenvalue weighted by Crippen LogP contribution is 2.29. The van der Waals surface area contributed by atoms with Crippen LogP contribution in [0.15, 0.2) is 6.33 Å². The number of imidazole rings is 1. The lowest BCUT2D eigenvalue weighted by Crippen LogP contribution is -2.43. The van der Waals surface area contributed by atoms with E-state index in [1.807, 2.05) is 4.57 Å². The first-order chi connectivity index (χ1) is 8.66. The summed E-state index contributed by atoms with van der Waals surface area (Å²) in [6, 6.07) is 0. The van der Waals surface area contributed by atoms with Crippen LogP contribution in [-0.2, 0) is 17.9 Å². The Bertz CT molecular complexity index is 505. The van der Waals surface area contributed by atoms with Crippen LogP contribution in [0.1, 0.15) is 35.4 Å². The van der Waals surface area contributed by atoms with Crippen molar-refractivity contribution in [2.75, 3.05) is 6.54 Å². The molecule has 1 aromatic rings. The second-order valence-corrected chi connectivity index (χ2v) is 4.93. The molecule has 18 heavy (non-hydrogen) atoms. The number of hydrogen-bond acceptors (Lipinski definition) is 3. The summed E-state index contributed by atoms with van der Waals surface area (Å²) in [5, 5.41) is 9.04. The van der Waals surface area contributed by atoms with E-state index in [1.165, 1.54) is 0 Å². The molecule has 0 spiro atoms. The Labute approximate surface area is 104 Å². The number of fused-ring (bicyclic) bond motifs is 1. The number of carboxylic acids is 1. The lowest BCUT2D eigenvalue weighted by Gasteiger charge is -2.34. The smallest absolute Gasteiger partial charge is 0.356 e.